The SMILES string of the molecule is COc1cc2nc(N(C)Cc3cccc(CN(C)CCO)c3)[nH]c(=O)c2c(C)c1OC. The van der Waals surface area contributed by atoms with Crippen molar-refractivity contribution in [2.75, 3.05) is 46.4 Å². The van der Waals surface area contributed by atoms with Crippen LogP contribution in [0.15, 0.2) is 35.1 Å². The van der Waals surface area contributed by atoms with Crippen molar-refractivity contribution in [3.8, 4) is 11.5 Å². The third-order valence-electron chi connectivity index (χ3n) is 5.27. The maximum atomic E-state index is 12.8. The van der Waals surface area contributed by atoms with Gasteiger partial charge in [0.15, 0.2) is 11.5 Å². The number of anilines is 1. The summed E-state index contributed by atoms with van der Waals surface area (Å²) >= 11 is 0. The zero-order valence-corrected chi connectivity index (χ0v) is 18.7. The molecule has 166 valence electrons. The lowest BCUT2D eigenvalue weighted by molar-refractivity contribution is 0.217. The summed E-state index contributed by atoms with van der Waals surface area (Å²) in [5, 5.41) is 9.58. The first kappa shape index (κ1) is 22.6. The summed E-state index contributed by atoms with van der Waals surface area (Å²) in [5.41, 5.74) is 3.29. The second-order valence-corrected chi connectivity index (χ2v) is 7.66. The van der Waals surface area contributed by atoms with Gasteiger partial charge in [-0.15, -0.1) is 0 Å². The number of fused-ring (bicyclic) bond motifs is 1. The summed E-state index contributed by atoms with van der Waals surface area (Å²) in [6.45, 7) is 3.92. The summed E-state index contributed by atoms with van der Waals surface area (Å²) in [6.07, 6.45) is 0. The highest BCUT2D eigenvalue weighted by atomic mass is 16.5. The highest BCUT2D eigenvalue weighted by Crippen LogP contribution is 2.35. The molecule has 0 aliphatic rings. The van der Waals surface area contributed by atoms with E-state index in [1.807, 2.05) is 38.1 Å². The van der Waals surface area contributed by atoms with E-state index >= 15 is 0 Å². The predicted molar refractivity (Wildman–Crippen MR) is 122 cm³/mol. The zero-order chi connectivity index (χ0) is 22.5. The fourth-order valence-electron chi connectivity index (χ4n) is 3.76. The van der Waals surface area contributed by atoms with E-state index in [4.69, 9.17) is 14.6 Å². The minimum Gasteiger partial charge on any atom is -0.493 e. The van der Waals surface area contributed by atoms with Gasteiger partial charge in [-0.1, -0.05) is 24.3 Å². The number of aryl methyl sites for hydroxylation is 1. The number of hydrogen-bond acceptors (Lipinski definition) is 7. The number of hydrogen-bond donors (Lipinski definition) is 2. The van der Waals surface area contributed by atoms with Gasteiger partial charge in [0.25, 0.3) is 5.56 Å². The molecular weight excluding hydrogens is 396 g/mol. The third-order valence-corrected chi connectivity index (χ3v) is 5.27. The number of aliphatic hydroxyl groups excluding tert-OH is 1. The topological polar surface area (TPSA) is 90.9 Å². The molecule has 0 aliphatic heterocycles. The first-order valence-corrected chi connectivity index (χ1v) is 10.1. The molecule has 0 saturated carbocycles. The van der Waals surface area contributed by atoms with E-state index < -0.39 is 0 Å². The number of likely N-dealkylation sites (N-methyl/N-ethyl adjacent to an activating group) is 1. The predicted octanol–water partition coefficient (Wildman–Crippen LogP) is 2.31. The van der Waals surface area contributed by atoms with Crippen LogP contribution in [0.3, 0.4) is 0 Å². The van der Waals surface area contributed by atoms with Crippen molar-refractivity contribution in [1.29, 1.82) is 0 Å². The highest BCUT2D eigenvalue weighted by molar-refractivity contribution is 5.86. The Hall–Kier alpha value is -3.10. The fraction of sp³-hybridized carbons (Fsp3) is 0.391. The molecule has 8 heteroatoms. The molecule has 0 radical (unpaired) electrons. The van der Waals surface area contributed by atoms with Gasteiger partial charge in [-0.2, -0.15) is 0 Å². The van der Waals surface area contributed by atoms with Crippen LogP contribution in [0, 0.1) is 6.92 Å². The van der Waals surface area contributed by atoms with E-state index in [-0.39, 0.29) is 12.2 Å². The highest BCUT2D eigenvalue weighted by Gasteiger charge is 2.17. The van der Waals surface area contributed by atoms with Gasteiger partial charge < -0.3 is 19.5 Å². The molecule has 3 aromatic rings. The van der Waals surface area contributed by atoms with E-state index in [2.05, 4.69) is 27.0 Å². The number of benzene rings is 2. The van der Waals surface area contributed by atoms with Crippen molar-refractivity contribution in [3.63, 3.8) is 0 Å². The maximum absolute atomic E-state index is 12.8. The molecule has 2 N–H and O–H groups in total. The first-order chi connectivity index (χ1) is 14.9. The summed E-state index contributed by atoms with van der Waals surface area (Å²) in [4.78, 5) is 24.4. The molecule has 8 nitrogen and oxygen atoms in total. The second kappa shape index (κ2) is 9.80. The summed E-state index contributed by atoms with van der Waals surface area (Å²) in [5.74, 6) is 1.55. The van der Waals surface area contributed by atoms with Crippen LogP contribution in [-0.2, 0) is 13.1 Å². The largest absolute Gasteiger partial charge is 0.493 e. The number of H-pyrrole nitrogens is 1. The summed E-state index contributed by atoms with van der Waals surface area (Å²) in [6, 6.07) is 9.98. The summed E-state index contributed by atoms with van der Waals surface area (Å²) in [7, 11) is 6.98. The summed E-state index contributed by atoms with van der Waals surface area (Å²) < 4.78 is 10.8. The molecule has 1 aromatic heterocycles. The molecule has 31 heavy (non-hydrogen) atoms. The fourth-order valence-corrected chi connectivity index (χ4v) is 3.76. The molecule has 0 aliphatic carbocycles. The molecule has 1 heterocycles. The minimum absolute atomic E-state index is 0.135. The van der Waals surface area contributed by atoms with Gasteiger partial charge in [0.1, 0.15) is 0 Å². The Morgan fingerprint density at radius 3 is 2.45 bits per heavy atom. The number of nitrogens with zero attached hydrogens (tertiary/aromatic N) is 3. The Bertz CT molecular complexity index is 1110. The van der Waals surface area contributed by atoms with Gasteiger partial charge in [-0.25, -0.2) is 4.98 Å². The average Bonchev–Trinajstić information content (AvgIpc) is 2.73. The number of ether oxygens (including phenoxy) is 2. The zero-order valence-electron chi connectivity index (χ0n) is 18.7. The molecule has 0 saturated heterocycles. The van der Waals surface area contributed by atoms with E-state index in [0.29, 0.717) is 47.0 Å². The molecule has 0 unspecified atom stereocenters. The van der Waals surface area contributed by atoms with E-state index in [1.54, 1.807) is 20.3 Å². The minimum atomic E-state index is -0.218. The Morgan fingerprint density at radius 1 is 1.10 bits per heavy atom. The number of aromatic nitrogens is 2. The number of methoxy groups -OCH3 is 2. The van der Waals surface area contributed by atoms with Gasteiger partial charge >= 0.3 is 0 Å². The van der Waals surface area contributed by atoms with Crippen molar-refractivity contribution in [1.82, 2.24) is 14.9 Å². The van der Waals surface area contributed by atoms with Gasteiger partial charge in [0.05, 0.1) is 31.7 Å². The Kier molecular flexibility index (Phi) is 7.14. The van der Waals surface area contributed by atoms with Crippen LogP contribution < -0.4 is 19.9 Å². The normalized spacial score (nSPS) is 11.2. The standard InChI is InChI=1S/C23H30N4O4/c1-15-20-18(12-19(30-4)21(15)31-5)24-23(25-22(20)29)27(3)14-17-8-6-7-16(11-17)13-26(2)9-10-28/h6-8,11-12,28H,9-10,13-14H2,1-5H3,(H,24,25,29). The molecule has 3 rings (SSSR count). The van der Waals surface area contributed by atoms with E-state index in [1.165, 1.54) is 0 Å². The number of nitrogens with one attached hydrogen (secondary N) is 1. The van der Waals surface area contributed by atoms with Crippen LogP contribution in [0.2, 0.25) is 0 Å². The van der Waals surface area contributed by atoms with E-state index in [9.17, 15) is 4.79 Å². The smallest absolute Gasteiger partial charge is 0.260 e. The molecule has 0 amide bonds. The molecule has 0 bridgehead atoms. The van der Waals surface area contributed by atoms with Crippen molar-refractivity contribution in [3.05, 3.63) is 57.4 Å². The molecule has 0 spiro atoms. The first-order valence-electron chi connectivity index (χ1n) is 10.1. The van der Waals surface area contributed by atoms with E-state index in [0.717, 1.165) is 17.7 Å². The maximum Gasteiger partial charge on any atom is 0.260 e. The lowest BCUT2D eigenvalue weighted by atomic mass is 10.1. The van der Waals surface area contributed by atoms with Crippen molar-refractivity contribution < 1.29 is 14.6 Å². The average molecular weight is 427 g/mol. The van der Waals surface area contributed by atoms with Crippen LogP contribution >= 0.6 is 0 Å². The van der Waals surface area contributed by atoms with Crippen LogP contribution in [0.4, 0.5) is 5.95 Å². The molecular formula is C23H30N4O4. The number of aliphatic hydroxyl groups is 1. The van der Waals surface area contributed by atoms with Crippen molar-refractivity contribution in [2.45, 2.75) is 20.0 Å². The third kappa shape index (κ3) is 4.98. The number of aromatic amines is 1. The lowest BCUT2D eigenvalue weighted by Gasteiger charge is -2.20. The molecule has 0 fully saturated rings. The molecule has 2 aromatic carbocycles. The van der Waals surface area contributed by atoms with Crippen LogP contribution in [0.1, 0.15) is 16.7 Å². The van der Waals surface area contributed by atoms with Gasteiger partial charge in [0, 0.05) is 38.3 Å². The van der Waals surface area contributed by atoms with Gasteiger partial charge in [0.2, 0.25) is 5.95 Å². The lowest BCUT2D eigenvalue weighted by Crippen LogP contribution is -2.24. The number of rotatable bonds is 9. The van der Waals surface area contributed by atoms with Crippen LogP contribution in [0.5, 0.6) is 11.5 Å². The Morgan fingerprint density at radius 2 is 1.81 bits per heavy atom. The van der Waals surface area contributed by atoms with Crippen molar-refractivity contribution in [2.24, 2.45) is 0 Å². The second-order valence-electron chi connectivity index (χ2n) is 7.66. The molecule has 0 atom stereocenters. The van der Waals surface area contributed by atoms with Crippen molar-refractivity contribution >= 4 is 16.9 Å². The Labute approximate surface area is 182 Å². The Balaban J connectivity index is 1.89. The quantitative estimate of drug-likeness (QED) is 0.543. The van der Waals surface area contributed by atoms with Crippen LogP contribution in [-0.4, -0.2) is 61.4 Å². The monoisotopic (exact) mass is 426 g/mol. The van der Waals surface area contributed by atoms with Crippen LogP contribution in [0.25, 0.3) is 10.9 Å². The van der Waals surface area contributed by atoms with Gasteiger partial charge in [-0.3, -0.25) is 14.7 Å². The van der Waals surface area contributed by atoms with Gasteiger partial charge in [-0.05, 0) is 25.1 Å².